The third-order valence-corrected chi connectivity index (χ3v) is 3.86. The average Bonchev–Trinajstić information content (AvgIpc) is 2.65. The van der Waals surface area contributed by atoms with Gasteiger partial charge < -0.3 is 4.74 Å². The molecule has 0 saturated carbocycles. The lowest BCUT2D eigenvalue weighted by atomic mass is 10.0. The van der Waals surface area contributed by atoms with Crippen molar-refractivity contribution in [2.24, 2.45) is 0 Å². The lowest BCUT2D eigenvalue weighted by Crippen LogP contribution is -1.95. The molecule has 0 aliphatic rings. The number of hydrogen-bond donors (Lipinski definition) is 0. The monoisotopic (exact) mass is 333 g/mol. The Morgan fingerprint density at radius 1 is 1.00 bits per heavy atom. The van der Waals surface area contributed by atoms with Crippen LogP contribution in [0.4, 0.5) is 5.69 Å². The number of non-ortho nitro benzene ring substituents is 1. The van der Waals surface area contributed by atoms with Crippen molar-refractivity contribution >= 4 is 28.3 Å². The zero-order valence-electron chi connectivity index (χ0n) is 13.5. The van der Waals surface area contributed by atoms with Crippen molar-refractivity contribution in [3.8, 4) is 5.75 Å². The summed E-state index contributed by atoms with van der Waals surface area (Å²) < 4.78 is 5.20. The average molecular weight is 333 g/mol. The standard InChI is InChI=1S/C20H15NO4/c1-25-19-10-7-16-12-14(2-4-17(16)13-19)3-11-20(22)15-5-8-18(9-6-15)21(23)24/h2-13H,1H3/b11-3+. The van der Waals surface area contributed by atoms with Crippen LogP contribution < -0.4 is 4.74 Å². The molecule has 3 aromatic rings. The Morgan fingerprint density at radius 3 is 2.36 bits per heavy atom. The first-order chi connectivity index (χ1) is 12.1. The molecule has 0 bridgehead atoms. The molecular weight excluding hydrogens is 318 g/mol. The SMILES string of the molecule is COc1ccc2cc(/C=C/C(=O)c3ccc([N+](=O)[O-])cc3)ccc2c1. The van der Waals surface area contributed by atoms with E-state index in [-0.39, 0.29) is 11.5 Å². The van der Waals surface area contributed by atoms with Crippen molar-refractivity contribution in [2.45, 2.75) is 0 Å². The summed E-state index contributed by atoms with van der Waals surface area (Å²) in [5.74, 6) is 0.592. The van der Waals surface area contributed by atoms with Gasteiger partial charge in [0.25, 0.3) is 5.69 Å². The van der Waals surface area contributed by atoms with Crippen molar-refractivity contribution in [1.29, 1.82) is 0 Å². The zero-order valence-corrected chi connectivity index (χ0v) is 13.5. The molecule has 124 valence electrons. The fourth-order valence-corrected chi connectivity index (χ4v) is 2.49. The molecule has 0 aliphatic carbocycles. The lowest BCUT2D eigenvalue weighted by Gasteiger charge is -2.03. The Morgan fingerprint density at radius 2 is 1.68 bits per heavy atom. The highest BCUT2D eigenvalue weighted by Gasteiger charge is 2.07. The first kappa shape index (κ1) is 16.4. The van der Waals surface area contributed by atoms with Crippen molar-refractivity contribution in [3.05, 3.63) is 88.0 Å². The van der Waals surface area contributed by atoms with Gasteiger partial charge in [-0.3, -0.25) is 14.9 Å². The molecule has 0 atom stereocenters. The maximum atomic E-state index is 12.2. The largest absolute Gasteiger partial charge is 0.497 e. The minimum atomic E-state index is -0.492. The topological polar surface area (TPSA) is 69.4 Å². The highest BCUT2D eigenvalue weighted by Crippen LogP contribution is 2.22. The van der Waals surface area contributed by atoms with E-state index in [0.29, 0.717) is 5.56 Å². The summed E-state index contributed by atoms with van der Waals surface area (Å²) in [6, 6.07) is 17.2. The van der Waals surface area contributed by atoms with Gasteiger partial charge in [0.1, 0.15) is 5.75 Å². The number of nitro groups is 1. The fraction of sp³-hybridized carbons (Fsp3) is 0.0500. The number of hydrogen-bond acceptors (Lipinski definition) is 4. The van der Waals surface area contributed by atoms with E-state index in [1.54, 1.807) is 13.2 Å². The van der Waals surface area contributed by atoms with Gasteiger partial charge in [0.15, 0.2) is 5.78 Å². The van der Waals surface area contributed by atoms with Crippen LogP contribution in [0.3, 0.4) is 0 Å². The summed E-state index contributed by atoms with van der Waals surface area (Å²) in [5.41, 5.74) is 1.27. The summed E-state index contributed by atoms with van der Waals surface area (Å²) in [7, 11) is 1.63. The van der Waals surface area contributed by atoms with E-state index in [0.717, 1.165) is 22.1 Å². The molecule has 5 nitrogen and oxygen atoms in total. The van der Waals surface area contributed by atoms with Crippen molar-refractivity contribution in [3.63, 3.8) is 0 Å². The maximum absolute atomic E-state index is 12.2. The third kappa shape index (κ3) is 3.72. The molecule has 0 heterocycles. The van der Waals surface area contributed by atoms with Crippen molar-refractivity contribution in [2.75, 3.05) is 7.11 Å². The number of nitrogens with zero attached hydrogens (tertiary/aromatic N) is 1. The second-order valence-corrected chi connectivity index (χ2v) is 5.47. The van der Waals surface area contributed by atoms with E-state index in [9.17, 15) is 14.9 Å². The van der Waals surface area contributed by atoms with Crippen LogP contribution in [0, 0.1) is 10.1 Å². The normalized spacial score (nSPS) is 10.9. The first-order valence-corrected chi connectivity index (χ1v) is 7.61. The lowest BCUT2D eigenvalue weighted by molar-refractivity contribution is -0.384. The van der Waals surface area contributed by atoms with Gasteiger partial charge in [0.05, 0.1) is 12.0 Å². The summed E-state index contributed by atoms with van der Waals surface area (Å²) in [5, 5.41) is 12.7. The Labute approximate surface area is 144 Å². The zero-order chi connectivity index (χ0) is 17.8. The molecule has 0 N–H and O–H groups in total. The number of fused-ring (bicyclic) bond motifs is 1. The van der Waals surface area contributed by atoms with E-state index < -0.39 is 4.92 Å². The van der Waals surface area contributed by atoms with Crippen LogP contribution in [0.1, 0.15) is 15.9 Å². The van der Waals surface area contributed by atoms with Gasteiger partial charge in [-0.25, -0.2) is 0 Å². The van der Waals surface area contributed by atoms with Gasteiger partial charge >= 0.3 is 0 Å². The van der Waals surface area contributed by atoms with Gasteiger partial charge in [0.2, 0.25) is 0 Å². The molecule has 25 heavy (non-hydrogen) atoms. The second-order valence-electron chi connectivity index (χ2n) is 5.47. The number of carbonyl (C=O) groups excluding carboxylic acids is 1. The molecule has 0 radical (unpaired) electrons. The van der Waals surface area contributed by atoms with Gasteiger partial charge in [0, 0.05) is 17.7 Å². The quantitative estimate of drug-likeness (QED) is 0.295. The number of nitro benzene ring substituents is 1. The Bertz CT molecular complexity index is 975. The fourth-order valence-electron chi connectivity index (χ4n) is 2.49. The predicted molar refractivity (Wildman–Crippen MR) is 97.0 cm³/mol. The molecule has 0 aliphatic heterocycles. The highest BCUT2D eigenvalue weighted by molar-refractivity contribution is 6.07. The number of allylic oxidation sites excluding steroid dienone is 1. The number of benzene rings is 3. The summed E-state index contributed by atoms with van der Waals surface area (Å²) in [6.45, 7) is 0. The Balaban J connectivity index is 1.79. The van der Waals surface area contributed by atoms with Crippen molar-refractivity contribution in [1.82, 2.24) is 0 Å². The molecule has 0 spiro atoms. The molecule has 0 unspecified atom stereocenters. The number of rotatable bonds is 5. The van der Waals surface area contributed by atoms with E-state index in [1.807, 2.05) is 36.4 Å². The molecule has 3 rings (SSSR count). The molecule has 0 amide bonds. The predicted octanol–water partition coefficient (Wildman–Crippen LogP) is 4.65. The third-order valence-electron chi connectivity index (χ3n) is 3.86. The van der Waals surface area contributed by atoms with E-state index in [1.165, 1.54) is 30.3 Å². The first-order valence-electron chi connectivity index (χ1n) is 7.61. The Hall–Kier alpha value is -3.47. The van der Waals surface area contributed by atoms with Crippen LogP contribution in [-0.2, 0) is 0 Å². The minimum Gasteiger partial charge on any atom is -0.497 e. The molecule has 0 fully saturated rings. The second kappa shape index (κ2) is 6.97. The number of ether oxygens (including phenoxy) is 1. The molecular formula is C20H15NO4. The molecule has 5 heteroatoms. The van der Waals surface area contributed by atoms with Gasteiger partial charge in [-0.05, 0) is 52.7 Å². The van der Waals surface area contributed by atoms with E-state index in [4.69, 9.17) is 4.74 Å². The van der Waals surface area contributed by atoms with Gasteiger partial charge in [-0.15, -0.1) is 0 Å². The van der Waals surface area contributed by atoms with Crippen LogP contribution in [0.5, 0.6) is 5.75 Å². The van der Waals surface area contributed by atoms with Crippen LogP contribution in [-0.4, -0.2) is 17.8 Å². The number of carbonyl (C=O) groups is 1. The highest BCUT2D eigenvalue weighted by atomic mass is 16.6. The van der Waals surface area contributed by atoms with Gasteiger partial charge in [-0.2, -0.15) is 0 Å². The maximum Gasteiger partial charge on any atom is 0.269 e. The number of methoxy groups -OCH3 is 1. The van der Waals surface area contributed by atoms with Gasteiger partial charge in [-0.1, -0.05) is 24.3 Å². The number of ketones is 1. The smallest absolute Gasteiger partial charge is 0.269 e. The summed E-state index contributed by atoms with van der Waals surface area (Å²) in [4.78, 5) is 22.3. The molecule has 0 aromatic heterocycles. The van der Waals surface area contributed by atoms with Crippen LogP contribution in [0.2, 0.25) is 0 Å². The molecule has 3 aromatic carbocycles. The summed E-state index contributed by atoms with van der Waals surface area (Å²) in [6.07, 6.45) is 3.19. The van der Waals surface area contributed by atoms with E-state index >= 15 is 0 Å². The minimum absolute atomic E-state index is 0.0366. The van der Waals surface area contributed by atoms with Crippen LogP contribution >= 0.6 is 0 Å². The van der Waals surface area contributed by atoms with Crippen molar-refractivity contribution < 1.29 is 14.5 Å². The van der Waals surface area contributed by atoms with Crippen LogP contribution in [0.25, 0.3) is 16.8 Å². The summed E-state index contributed by atoms with van der Waals surface area (Å²) >= 11 is 0. The van der Waals surface area contributed by atoms with Crippen LogP contribution in [0.15, 0.2) is 66.7 Å². The molecule has 0 saturated heterocycles. The Kier molecular flexibility index (Phi) is 4.57. The van der Waals surface area contributed by atoms with E-state index in [2.05, 4.69) is 0 Å².